The average Bonchev–Trinajstić information content (AvgIpc) is 2.98. The van der Waals surface area contributed by atoms with Crippen LogP contribution in [0.3, 0.4) is 0 Å². The Morgan fingerprint density at radius 3 is 2.35 bits per heavy atom. The Bertz CT molecular complexity index is 589. The van der Waals surface area contributed by atoms with Crippen molar-refractivity contribution in [3.63, 3.8) is 0 Å². The molecule has 20 heavy (non-hydrogen) atoms. The maximum absolute atomic E-state index is 11.8. The van der Waals surface area contributed by atoms with Gasteiger partial charge in [-0.15, -0.1) is 0 Å². The Morgan fingerprint density at radius 1 is 1.10 bits per heavy atom. The Kier molecular flexibility index (Phi) is 4.53. The predicted molar refractivity (Wildman–Crippen MR) is 79.9 cm³/mol. The molecule has 104 valence electrons. The number of nitrogens with one attached hydrogen (secondary N) is 1. The summed E-state index contributed by atoms with van der Waals surface area (Å²) >= 11 is 1.49. The number of rotatable bonds is 4. The summed E-state index contributed by atoms with van der Waals surface area (Å²) in [6.07, 6.45) is 0. The standard InChI is InChI=1S/C15H16N2O2S/c1-17(2)15(19)12-5-3-11(4-6-12)9-16-14(18)13-7-8-20-10-13/h3-8,10H,9H2,1-2H3,(H,16,18). The molecule has 4 nitrogen and oxygen atoms in total. The highest BCUT2D eigenvalue weighted by atomic mass is 32.1. The molecule has 1 heterocycles. The zero-order valence-corrected chi connectivity index (χ0v) is 12.2. The zero-order valence-electron chi connectivity index (χ0n) is 11.4. The number of nitrogens with zero attached hydrogens (tertiary/aromatic N) is 1. The van der Waals surface area contributed by atoms with Crippen molar-refractivity contribution in [1.82, 2.24) is 10.2 Å². The molecule has 0 saturated carbocycles. The van der Waals surface area contributed by atoms with Crippen LogP contribution in [0.4, 0.5) is 0 Å². The fourth-order valence-corrected chi connectivity index (χ4v) is 2.34. The van der Waals surface area contributed by atoms with E-state index in [-0.39, 0.29) is 11.8 Å². The fraction of sp³-hybridized carbons (Fsp3) is 0.200. The molecule has 2 aromatic rings. The highest BCUT2D eigenvalue weighted by Crippen LogP contribution is 2.08. The van der Waals surface area contributed by atoms with Crippen molar-refractivity contribution in [2.45, 2.75) is 6.54 Å². The van der Waals surface area contributed by atoms with Crippen molar-refractivity contribution in [3.8, 4) is 0 Å². The molecule has 0 aliphatic carbocycles. The van der Waals surface area contributed by atoms with Crippen LogP contribution < -0.4 is 5.32 Å². The molecule has 1 aromatic heterocycles. The lowest BCUT2D eigenvalue weighted by Crippen LogP contribution is -2.23. The normalized spacial score (nSPS) is 10.1. The van der Waals surface area contributed by atoms with Crippen molar-refractivity contribution >= 4 is 23.2 Å². The number of thiophene rings is 1. The third-order valence-corrected chi connectivity index (χ3v) is 3.53. The quantitative estimate of drug-likeness (QED) is 0.939. The summed E-state index contributed by atoms with van der Waals surface area (Å²) in [6.45, 7) is 0.450. The minimum atomic E-state index is -0.0836. The van der Waals surface area contributed by atoms with Crippen molar-refractivity contribution < 1.29 is 9.59 Å². The van der Waals surface area contributed by atoms with E-state index >= 15 is 0 Å². The van der Waals surface area contributed by atoms with Crippen LogP contribution in [0, 0.1) is 0 Å². The molecule has 0 radical (unpaired) electrons. The van der Waals surface area contributed by atoms with E-state index in [4.69, 9.17) is 0 Å². The lowest BCUT2D eigenvalue weighted by Gasteiger charge is -2.10. The van der Waals surface area contributed by atoms with E-state index in [0.29, 0.717) is 17.7 Å². The van der Waals surface area contributed by atoms with Crippen LogP contribution in [0.2, 0.25) is 0 Å². The van der Waals surface area contributed by atoms with Crippen LogP contribution in [-0.4, -0.2) is 30.8 Å². The maximum atomic E-state index is 11.8. The van der Waals surface area contributed by atoms with Gasteiger partial charge in [-0.25, -0.2) is 0 Å². The van der Waals surface area contributed by atoms with Gasteiger partial charge >= 0.3 is 0 Å². The molecular formula is C15H16N2O2S. The van der Waals surface area contributed by atoms with Crippen molar-refractivity contribution in [3.05, 3.63) is 57.8 Å². The second-order valence-electron chi connectivity index (χ2n) is 4.59. The monoisotopic (exact) mass is 288 g/mol. The first-order valence-corrected chi connectivity index (χ1v) is 7.13. The Hall–Kier alpha value is -2.14. The van der Waals surface area contributed by atoms with E-state index in [1.807, 2.05) is 22.9 Å². The maximum Gasteiger partial charge on any atom is 0.253 e. The highest BCUT2D eigenvalue weighted by Gasteiger charge is 2.08. The zero-order chi connectivity index (χ0) is 14.5. The first kappa shape index (κ1) is 14.3. The van der Waals surface area contributed by atoms with Gasteiger partial charge in [-0.05, 0) is 29.1 Å². The lowest BCUT2D eigenvalue weighted by molar-refractivity contribution is 0.0827. The molecule has 0 bridgehead atoms. The minimum Gasteiger partial charge on any atom is -0.348 e. The molecule has 2 amide bonds. The summed E-state index contributed by atoms with van der Waals surface area (Å²) in [7, 11) is 3.44. The highest BCUT2D eigenvalue weighted by molar-refractivity contribution is 7.08. The van der Waals surface area contributed by atoms with Crippen LogP contribution in [0.1, 0.15) is 26.3 Å². The van der Waals surface area contributed by atoms with Gasteiger partial charge in [0.15, 0.2) is 0 Å². The number of carbonyl (C=O) groups is 2. The molecule has 0 aliphatic heterocycles. The second-order valence-corrected chi connectivity index (χ2v) is 5.37. The number of carbonyl (C=O) groups excluding carboxylic acids is 2. The average molecular weight is 288 g/mol. The largest absolute Gasteiger partial charge is 0.348 e. The topological polar surface area (TPSA) is 49.4 Å². The number of benzene rings is 1. The molecule has 1 aromatic carbocycles. The van der Waals surface area contributed by atoms with Crippen LogP contribution >= 0.6 is 11.3 Å². The summed E-state index contributed by atoms with van der Waals surface area (Å²) < 4.78 is 0. The van der Waals surface area contributed by atoms with Gasteiger partial charge in [0.2, 0.25) is 0 Å². The summed E-state index contributed by atoms with van der Waals surface area (Å²) in [5, 5.41) is 6.53. The van der Waals surface area contributed by atoms with Crippen molar-refractivity contribution in [2.24, 2.45) is 0 Å². The van der Waals surface area contributed by atoms with Gasteiger partial charge in [0, 0.05) is 37.1 Å². The Labute approximate surface area is 122 Å². The van der Waals surface area contributed by atoms with Gasteiger partial charge in [-0.2, -0.15) is 11.3 Å². The summed E-state index contributed by atoms with van der Waals surface area (Å²) in [4.78, 5) is 25.0. The number of amides is 2. The molecule has 2 rings (SSSR count). The second kappa shape index (κ2) is 6.34. The van der Waals surface area contributed by atoms with Crippen molar-refractivity contribution in [1.29, 1.82) is 0 Å². The van der Waals surface area contributed by atoms with Crippen LogP contribution in [0.5, 0.6) is 0 Å². The van der Waals surface area contributed by atoms with Gasteiger partial charge in [0.1, 0.15) is 0 Å². The molecule has 5 heteroatoms. The molecule has 0 unspecified atom stereocenters. The third-order valence-electron chi connectivity index (χ3n) is 2.84. The fourth-order valence-electron chi connectivity index (χ4n) is 1.70. The first-order valence-electron chi connectivity index (χ1n) is 6.19. The van der Waals surface area contributed by atoms with Crippen molar-refractivity contribution in [2.75, 3.05) is 14.1 Å². The molecule has 0 fully saturated rings. The SMILES string of the molecule is CN(C)C(=O)c1ccc(CNC(=O)c2ccsc2)cc1. The lowest BCUT2D eigenvalue weighted by atomic mass is 10.1. The Balaban J connectivity index is 1.94. The predicted octanol–water partition coefficient (Wildman–Crippen LogP) is 2.38. The molecular weight excluding hydrogens is 272 g/mol. The molecule has 0 atom stereocenters. The number of hydrogen-bond acceptors (Lipinski definition) is 3. The van der Waals surface area contributed by atoms with Gasteiger partial charge in [-0.1, -0.05) is 12.1 Å². The van der Waals surface area contributed by atoms with E-state index < -0.39 is 0 Å². The van der Waals surface area contributed by atoms with Gasteiger partial charge in [0.05, 0.1) is 0 Å². The molecule has 1 N–H and O–H groups in total. The van der Waals surface area contributed by atoms with Crippen LogP contribution in [0.15, 0.2) is 41.1 Å². The number of hydrogen-bond donors (Lipinski definition) is 1. The molecule has 0 spiro atoms. The third kappa shape index (κ3) is 3.45. The summed E-state index contributed by atoms with van der Waals surface area (Å²) in [5.74, 6) is -0.112. The van der Waals surface area contributed by atoms with E-state index in [0.717, 1.165) is 5.56 Å². The first-order chi connectivity index (χ1) is 9.58. The minimum absolute atomic E-state index is 0.0288. The van der Waals surface area contributed by atoms with E-state index in [9.17, 15) is 9.59 Å². The van der Waals surface area contributed by atoms with E-state index in [2.05, 4.69) is 5.32 Å². The van der Waals surface area contributed by atoms with Gasteiger partial charge in [0.25, 0.3) is 11.8 Å². The summed E-state index contributed by atoms with van der Waals surface area (Å²) in [6, 6.07) is 9.04. The molecule has 0 saturated heterocycles. The van der Waals surface area contributed by atoms with E-state index in [1.165, 1.54) is 16.2 Å². The molecule has 0 aliphatic rings. The van der Waals surface area contributed by atoms with Crippen LogP contribution in [-0.2, 0) is 6.54 Å². The van der Waals surface area contributed by atoms with Crippen LogP contribution in [0.25, 0.3) is 0 Å². The van der Waals surface area contributed by atoms with Gasteiger partial charge in [-0.3, -0.25) is 9.59 Å². The summed E-state index contributed by atoms with van der Waals surface area (Å²) in [5.41, 5.74) is 2.28. The Morgan fingerprint density at radius 2 is 1.80 bits per heavy atom. The van der Waals surface area contributed by atoms with E-state index in [1.54, 1.807) is 32.3 Å². The van der Waals surface area contributed by atoms with Gasteiger partial charge < -0.3 is 10.2 Å². The smallest absolute Gasteiger partial charge is 0.253 e.